The molecule has 0 spiro atoms. The summed E-state index contributed by atoms with van der Waals surface area (Å²) in [6.07, 6.45) is 1.38. The Bertz CT molecular complexity index is 612. The van der Waals surface area contributed by atoms with Crippen LogP contribution in [0.2, 0.25) is 0 Å². The van der Waals surface area contributed by atoms with Gasteiger partial charge in [0.1, 0.15) is 11.6 Å². The van der Waals surface area contributed by atoms with Crippen molar-refractivity contribution in [1.29, 1.82) is 0 Å². The first-order chi connectivity index (χ1) is 8.99. The van der Waals surface area contributed by atoms with Gasteiger partial charge in [-0.3, -0.25) is 4.79 Å². The Balaban J connectivity index is 2.15. The lowest BCUT2D eigenvalue weighted by Crippen LogP contribution is -2.26. The first kappa shape index (κ1) is 13.7. The van der Waals surface area contributed by atoms with Crippen LogP contribution in [0.15, 0.2) is 39.6 Å². The van der Waals surface area contributed by atoms with Crippen LogP contribution in [0, 0.1) is 11.6 Å². The largest absolute Gasteiger partial charge is 0.457 e. The first-order valence-corrected chi connectivity index (χ1v) is 6.20. The van der Waals surface area contributed by atoms with Gasteiger partial charge in [0.05, 0.1) is 11.8 Å². The van der Waals surface area contributed by atoms with Gasteiger partial charge in [-0.25, -0.2) is 8.78 Å². The van der Waals surface area contributed by atoms with Crippen molar-refractivity contribution in [2.45, 2.75) is 6.54 Å². The number of rotatable bonds is 3. The fourth-order valence-corrected chi connectivity index (χ4v) is 2.04. The van der Waals surface area contributed by atoms with Crippen molar-refractivity contribution in [3.63, 3.8) is 0 Å². The van der Waals surface area contributed by atoms with E-state index >= 15 is 0 Å². The maximum Gasteiger partial charge on any atom is 0.258 e. The number of carbonyl (C=O) groups is 1. The van der Waals surface area contributed by atoms with Crippen molar-refractivity contribution < 1.29 is 18.0 Å². The van der Waals surface area contributed by atoms with E-state index in [0.29, 0.717) is 10.2 Å². The molecule has 1 aromatic carbocycles. The highest BCUT2D eigenvalue weighted by molar-refractivity contribution is 9.10. The van der Waals surface area contributed by atoms with Crippen LogP contribution in [0.3, 0.4) is 0 Å². The van der Waals surface area contributed by atoms with Crippen LogP contribution in [0.4, 0.5) is 8.78 Å². The zero-order valence-electron chi connectivity index (χ0n) is 9.99. The fraction of sp³-hybridized carbons (Fsp3) is 0.154. The number of benzene rings is 1. The highest BCUT2D eigenvalue weighted by Gasteiger charge is 2.18. The lowest BCUT2D eigenvalue weighted by Gasteiger charge is -2.17. The van der Waals surface area contributed by atoms with Crippen LogP contribution < -0.4 is 0 Å². The molecule has 19 heavy (non-hydrogen) atoms. The maximum atomic E-state index is 13.5. The number of halogens is 3. The van der Waals surface area contributed by atoms with Crippen molar-refractivity contribution in [2.24, 2.45) is 0 Å². The smallest absolute Gasteiger partial charge is 0.258 e. The Morgan fingerprint density at radius 1 is 1.37 bits per heavy atom. The molecule has 0 unspecified atom stereocenters. The van der Waals surface area contributed by atoms with Crippen LogP contribution in [0.5, 0.6) is 0 Å². The summed E-state index contributed by atoms with van der Waals surface area (Å²) in [6, 6.07) is 4.79. The second kappa shape index (κ2) is 5.52. The molecule has 1 aromatic heterocycles. The number of carbonyl (C=O) groups excluding carboxylic acids is 1. The minimum Gasteiger partial charge on any atom is -0.457 e. The number of amides is 1. The quantitative estimate of drug-likeness (QED) is 0.862. The topological polar surface area (TPSA) is 33.5 Å². The number of hydrogen-bond donors (Lipinski definition) is 0. The summed E-state index contributed by atoms with van der Waals surface area (Å²) in [4.78, 5) is 13.4. The summed E-state index contributed by atoms with van der Waals surface area (Å²) >= 11 is 3.11. The second-order valence-corrected chi connectivity index (χ2v) is 4.73. The summed E-state index contributed by atoms with van der Waals surface area (Å²) in [5, 5.41) is 0. The summed E-state index contributed by atoms with van der Waals surface area (Å²) < 4.78 is 31.6. The molecule has 1 amide bonds. The molecule has 0 bridgehead atoms. The Morgan fingerprint density at radius 3 is 2.68 bits per heavy atom. The van der Waals surface area contributed by atoms with Gasteiger partial charge in [0.2, 0.25) is 0 Å². The highest BCUT2D eigenvalue weighted by Crippen LogP contribution is 2.20. The normalized spacial score (nSPS) is 10.5. The van der Waals surface area contributed by atoms with Crippen LogP contribution in [0.1, 0.15) is 15.9 Å². The number of nitrogens with zero attached hydrogens (tertiary/aromatic N) is 1. The van der Waals surface area contributed by atoms with Crippen molar-refractivity contribution >= 4 is 21.8 Å². The molecule has 3 nitrogen and oxygen atoms in total. The Morgan fingerprint density at radius 2 is 2.11 bits per heavy atom. The highest BCUT2D eigenvalue weighted by atomic mass is 79.9. The van der Waals surface area contributed by atoms with Gasteiger partial charge in [0, 0.05) is 25.2 Å². The zero-order chi connectivity index (χ0) is 14.0. The SMILES string of the molecule is CN(Cc1ccc(F)cc1F)C(=O)c1ccoc1Br. The molecule has 0 radical (unpaired) electrons. The van der Waals surface area contributed by atoms with E-state index in [2.05, 4.69) is 15.9 Å². The number of furan rings is 1. The molecule has 6 heteroatoms. The Kier molecular flexibility index (Phi) is 3.99. The molecule has 0 saturated carbocycles. The van der Waals surface area contributed by atoms with E-state index in [9.17, 15) is 13.6 Å². The molecular formula is C13H10BrF2NO2. The van der Waals surface area contributed by atoms with E-state index in [1.165, 1.54) is 30.3 Å². The fourth-order valence-electron chi connectivity index (χ4n) is 1.63. The summed E-state index contributed by atoms with van der Waals surface area (Å²) in [5.74, 6) is -1.64. The van der Waals surface area contributed by atoms with Crippen LogP contribution in [0.25, 0.3) is 0 Å². The Labute approximate surface area is 116 Å². The molecule has 100 valence electrons. The van der Waals surface area contributed by atoms with Crippen molar-refractivity contribution in [3.8, 4) is 0 Å². The summed E-state index contributed by atoms with van der Waals surface area (Å²) in [7, 11) is 1.53. The monoisotopic (exact) mass is 329 g/mol. The van der Waals surface area contributed by atoms with E-state index in [-0.39, 0.29) is 18.0 Å². The van der Waals surface area contributed by atoms with Crippen LogP contribution in [-0.4, -0.2) is 17.9 Å². The molecule has 0 saturated heterocycles. The predicted molar refractivity (Wildman–Crippen MR) is 68.6 cm³/mol. The molecule has 0 N–H and O–H groups in total. The third-order valence-electron chi connectivity index (χ3n) is 2.62. The molecular weight excluding hydrogens is 320 g/mol. The third-order valence-corrected chi connectivity index (χ3v) is 3.23. The Hall–Kier alpha value is -1.69. The maximum absolute atomic E-state index is 13.5. The van der Waals surface area contributed by atoms with Crippen molar-refractivity contribution in [1.82, 2.24) is 4.90 Å². The van der Waals surface area contributed by atoms with Crippen molar-refractivity contribution in [3.05, 3.63) is 58.0 Å². The van der Waals surface area contributed by atoms with Gasteiger partial charge in [0.25, 0.3) is 5.91 Å². The van der Waals surface area contributed by atoms with Crippen LogP contribution >= 0.6 is 15.9 Å². The first-order valence-electron chi connectivity index (χ1n) is 5.41. The minimum absolute atomic E-state index is 0.0442. The van der Waals surface area contributed by atoms with E-state index in [1.807, 2.05) is 0 Å². The van der Waals surface area contributed by atoms with Gasteiger partial charge in [-0.1, -0.05) is 6.07 Å². The van der Waals surface area contributed by atoms with E-state index in [4.69, 9.17) is 4.42 Å². The average molecular weight is 330 g/mol. The molecule has 2 aromatic rings. The predicted octanol–water partition coefficient (Wildman–Crippen LogP) is 3.59. The van der Waals surface area contributed by atoms with Gasteiger partial charge in [-0.05, 0) is 28.1 Å². The molecule has 0 aliphatic heterocycles. The van der Waals surface area contributed by atoms with Gasteiger partial charge in [-0.2, -0.15) is 0 Å². The van der Waals surface area contributed by atoms with Gasteiger partial charge in [-0.15, -0.1) is 0 Å². The zero-order valence-corrected chi connectivity index (χ0v) is 11.6. The average Bonchev–Trinajstić information content (AvgIpc) is 2.78. The van der Waals surface area contributed by atoms with Gasteiger partial charge < -0.3 is 9.32 Å². The van der Waals surface area contributed by atoms with Gasteiger partial charge in [0.15, 0.2) is 4.67 Å². The minimum atomic E-state index is -0.675. The summed E-state index contributed by atoms with van der Waals surface area (Å²) in [6.45, 7) is 0.0442. The standard InChI is InChI=1S/C13H10BrF2NO2/c1-17(13(18)10-4-5-19-12(10)14)7-8-2-3-9(15)6-11(8)16/h2-6H,7H2,1H3. The molecule has 0 aliphatic carbocycles. The third kappa shape index (κ3) is 3.01. The second-order valence-electron chi connectivity index (χ2n) is 4.00. The van der Waals surface area contributed by atoms with E-state index < -0.39 is 11.6 Å². The summed E-state index contributed by atoms with van der Waals surface area (Å²) in [5.41, 5.74) is 0.599. The van der Waals surface area contributed by atoms with E-state index in [0.717, 1.165) is 12.1 Å². The molecule has 0 aliphatic rings. The number of hydrogen-bond acceptors (Lipinski definition) is 2. The lowest BCUT2D eigenvalue weighted by molar-refractivity contribution is 0.0782. The molecule has 2 rings (SSSR count). The van der Waals surface area contributed by atoms with Crippen LogP contribution in [-0.2, 0) is 6.54 Å². The van der Waals surface area contributed by atoms with Crippen molar-refractivity contribution in [2.75, 3.05) is 7.05 Å². The molecule has 1 heterocycles. The van der Waals surface area contributed by atoms with Gasteiger partial charge >= 0.3 is 0 Å². The van der Waals surface area contributed by atoms with E-state index in [1.54, 1.807) is 0 Å². The lowest BCUT2D eigenvalue weighted by atomic mass is 10.2. The molecule has 0 fully saturated rings. The molecule has 0 atom stereocenters.